The molecule has 1 atom stereocenters. The van der Waals surface area contributed by atoms with Gasteiger partial charge < -0.3 is 10.1 Å². The van der Waals surface area contributed by atoms with Gasteiger partial charge in [-0.15, -0.1) is 0 Å². The number of nitrogens with zero attached hydrogens (tertiary/aromatic N) is 1. The summed E-state index contributed by atoms with van der Waals surface area (Å²) in [5, 5.41) is 2.50. The van der Waals surface area contributed by atoms with E-state index in [2.05, 4.69) is 10.3 Å². The highest BCUT2D eigenvalue weighted by Crippen LogP contribution is 2.31. The lowest BCUT2D eigenvalue weighted by Crippen LogP contribution is -2.36. The molecule has 98 valence electrons. The van der Waals surface area contributed by atoms with Crippen molar-refractivity contribution < 1.29 is 22.7 Å². The van der Waals surface area contributed by atoms with Crippen molar-refractivity contribution in [2.24, 2.45) is 0 Å². The number of amides is 1. The third kappa shape index (κ3) is 2.79. The van der Waals surface area contributed by atoms with E-state index in [9.17, 15) is 18.0 Å². The van der Waals surface area contributed by atoms with Gasteiger partial charge in [-0.1, -0.05) is 0 Å². The van der Waals surface area contributed by atoms with Crippen molar-refractivity contribution in [1.82, 2.24) is 10.3 Å². The number of carbonyl (C=O) groups is 1. The van der Waals surface area contributed by atoms with Crippen molar-refractivity contribution in [3.8, 4) is 0 Å². The first kappa shape index (κ1) is 12.8. The SMILES string of the molecule is O=C(NC1CCOC1)c1cnccc1C(F)(F)F. The van der Waals surface area contributed by atoms with E-state index < -0.39 is 23.2 Å². The summed E-state index contributed by atoms with van der Waals surface area (Å²) in [5.41, 5.74) is -1.44. The highest BCUT2D eigenvalue weighted by molar-refractivity contribution is 5.95. The van der Waals surface area contributed by atoms with E-state index in [4.69, 9.17) is 4.74 Å². The van der Waals surface area contributed by atoms with Gasteiger partial charge in [-0.2, -0.15) is 13.2 Å². The van der Waals surface area contributed by atoms with Gasteiger partial charge in [0.25, 0.3) is 5.91 Å². The minimum Gasteiger partial charge on any atom is -0.379 e. The number of hydrogen-bond donors (Lipinski definition) is 1. The molecule has 0 bridgehead atoms. The summed E-state index contributed by atoms with van der Waals surface area (Å²) in [6, 6.07) is 0.554. The van der Waals surface area contributed by atoms with Crippen LogP contribution in [0.3, 0.4) is 0 Å². The first-order chi connectivity index (χ1) is 8.48. The number of alkyl halides is 3. The molecule has 0 spiro atoms. The molecule has 18 heavy (non-hydrogen) atoms. The van der Waals surface area contributed by atoms with Crippen LogP contribution in [0.5, 0.6) is 0 Å². The van der Waals surface area contributed by atoms with Gasteiger partial charge in [0.1, 0.15) is 0 Å². The zero-order chi connectivity index (χ0) is 13.2. The van der Waals surface area contributed by atoms with Crippen molar-refractivity contribution in [3.05, 3.63) is 29.6 Å². The van der Waals surface area contributed by atoms with E-state index in [1.165, 1.54) is 0 Å². The lowest BCUT2D eigenvalue weighted by Gasteiger charge is -2.14. The average Bonchev–Trinajstić information content (AvgIpc) is 2.80. The van der Waals surface area contributed by atoms with E-state index in [-0.39, 0.29) is 6.04 Å². The third-order valence-corrected chi connectivity index (χ3v) is 2.64. The van der Waals surface area contributed by atoms with Crippen LogP contribution < -0.4 is 5.32 Å². The predicted octanol–water partition coefficient (Wildman–Crippen LogP) is 1.62. The van der Waals surface area contributed by atoms with Crippen molar-refractivity contribution in [3.63, 3.8) is 0 Å². The number of halogens is 3. The standard InChI is InChI=1S/C11H11F3N2O2/c12-11(13,14)9-1-3-15-5-8(9)10(17)16-7-2-4-18-6-7/h1,3,5,7H,2,4,6H2,(H,16,17). The molecule has 0 saturated carbocycles. The minimum absolute atomic E-state index is 0.237. The van der Waals surface area contributed by atoms with Crippen LogP contribution in [-0.2, 0) is 10.9 Å². The molecular formula is C11H11F3N2O2. The molecule has 1 aliphatic rings. The van der Waals surface area contributed by atoms with Gasteiger partial charge in [0.15, 0.2) is 0 Å². The van der Waals surface area contributed by atoms with Crippen LogP contribution in [0, 0.1) is 0 Å². The van der Waals surface area contributed by atoms with Crippen LogP contribution in [0.15, 0.2) is 18.5 Å². The Hall–Kier alpha value is -1.63. The van der Waals surface area contributed by atoms with Gasteiger partial charge in [-0.05, 0) is 12.5 Å². The monoisotopic (exact) mass is 260 g/mol. The number of aromatic nitrogens is 1. The van der Waals surface area contributed by atoms with Gasteiger partial charge >= 0.3 is 6.18 Å². The van der Waals surface area contributed by atoms with Crippen molar-refractivity contribution in [2.75, 3.05) is 13.2 Å². The summed E-state index contributed by atoms with van der Waals surface area (Å²) >= 11 is 0. The van der Waals surface area contributed by atoms with Gasteiger partial charge in [-0.25, -0.2) is 0 Å². The maximum Gasteiger partial charge on any atom is 0.417 e. The normalized spacial score (nSPS) is 19.8. The third-order valence-electron chi connectivity index (χ3n) is 2.64. The Labute approximate surface area is 101 Å². The summed E-state index contributed by atoms with van der Waals surface area (Å²) < 4.78 is 43.1. The number of hydrogen-bond acceptors (Lipinski definition) is 3. The molecule has 1 saturated heterocycles. The number of ether oxygens (including phenoxy) is 1. The Bertz CT molecular complexity index is 442. The zero-order valence-electron chi connectivity index (χ0n) is 9.33. The van der Waals surface area contributed by atoms with E-state index in [1.54, 1.807) is 0 Å². The first-order valence-electron chi connectivity index (χ1n) is 5.38. The maximum absolute atomic E-state index is 12.7. The summed E-state index contributed by atoms with van der Waals surface area (Å²) in [6.07, 6.45) is -2.03. The van der Waals surface area contributed by atoms with Crippen LogP contribution in [0.1, 0.15) is 22.3 Å². The fourth-order valence-corrected chi connectivity index (χ4v) is 1.73. The molecule has 1 aromatic rings. The number of carbonyl (C=O) groups excluding carboxylic acids is 1. The molecule has 0 aromatic carbocycles. The van der Waals surface area contributed by atoms with Crippen LogP contribution in [0.4, 0.5) is 13.2 Å². The molecule has 1 aliphatic heterocycles. The molecule has 1 N–H and O–H groups in total. The molecule has 4 nitrogen and oxygen atoms in total. The van der Waals surface area contributed by atoms with Gasteiger partial charge in [0.2, 0.25) is 0 Å². The van der Waals surface area contributed by atoms with E-state index in [0.717, 1.165) is 18.5 Å². The molecule has 1 unspecified atom stereocenters. The second-order valence-electron chi connectivity index (χ2n) is 3.95. The van der Waals surface area contributed by atoms with Gasteiger partial charge in [-0.3, -0.25) is 9.78 Å². The van der Waals surface area contributed by atoms with Gasteiger partial charge in [0, 0.05) is 19.0 Å². The van der Waals surface area contributed by atoms with E-state index in [1.807, 2.05) is 0 Å². The van der Waals surface area contributed by atoms with Gasteiger partial charge in [0.05, 0.1) is 23.8 Å². The molecular weight excluding hydrogens is 249 g/mol. The van der Waals surface area contributed by atoms with E-state index >= 15 is 0 Å². The second-order valence-corrected chi connectivity index (χ2v) is 3.95. The van der Waals surface area contributed by atoms with Crippen molar-refractivity contribution in [1.29, 1.82) is 0 Å². The molecule has 1 fully saturated rings. The fourth-order valence-electron chi connectivity index (χ4n) is 1.73. The second kappa shape index (κ2) is 4.93. The smallest absolute Gasteiger partial charge is 0.379 e. The Morgan fingerprint density at radius 1 is 1.50 bits per heavy atom. The molecule has 2 rings (SSSR count). The summed E-state index contributed by atoms with van der Waals surface area (Å²) in [5.74, 6) is -0.772. The van der Waals surface area contributed by atoms with Crippen LogP contribution in [0.25, 0.3) is 0 Å². The molecule has 1 aromatic heterocycles. The lowest BCUT2D eigenvalue weighted by atomic mass is 10.1. The fraction of sp³-hybridized carbons (Fsp3) is 0.455. The number of rotatable bonds is 2. The Balaban J connectivity index is 2.19. The quantitative estimate of drug-likeness (QED) is 0.879. The summed E-state index contributed by atoms with van der Waals surface area (Å²) in [7, 11) is 0. The highest BCUT2D eigenvalue weighted by Gasteiger charge is 2.35. The van der Waals surface area contributed by atoms with Crippen LogP contribution >= 0.6 is 0 Å². The molecule has 7 heteroatoms. The first-order valence-corrected chi connectivity index (χ1v) is 5.38. The molecule has 1 amide bonds. The topological polar surface area (TPSA) is 51.2 Å². The molecule has 0 aliphatic carbocycles. The minimum atomic E-state index is -4.57. The average molecular weight is 260 g/mol. The molecule has 2 heterocycles. The predicted molar refractivity (Wildman–Crippen MR) is 55.9 cm³/mol. The molecule has 0 radical (unpaired) electrons. The van der Waals surface area contributed by atoms with Crippen LogP contribution in [-0.4, -0.2) is 30.1 Å². The van der Waals surface area contributed by atoms with E-state index in [0.29, 0.717) is 19.6 Å². The van der Waals surface area contributed by atoms with Crippen molar-refractivity contribution in [2.45, 2.75) is 18.6 Å². The number of pyridine rings is 1. The summed E-state index contributed by atoms with van der Waals surface area (Å²) in [4.78, 5) is 15.3. The lowest BCUT2D eigenvalue weighted by molar-refractivity contribution is -0.138. The zero-order valence-corrected chi connectivity index (χ0v) is 9.33. The number of nitrogens with one attached hydrogen (secondary N) is 1. The van der Waals surface area contributed by atoms with Crippen LogP contribution in [0.2, 0.25) is 0 Å². The summed E-state index contributed by atoms with van der Waals surface area (Å²) in [6.45, 7) is 0.831. The Kier molecular flexibility index (Phi) is 3.51. The maximum atomic E-state index is 12.7. The Morgan fingerprint density at radius 2 is 2.28 bits per heavy atom. The highest BCUT2D eigenvalue weighted by atomic mass is 19.4. The van der Waals surface area contributed by atoms with Crippen molar-refractivity contribution >= 4 is 5.91 Å². The Morgan fingerprint density at radius 3 is 2.89 bits per heavy atom. The largest absolute Gasteiger partial charge is 0.417 e.